The van der Waals surface area contributed by atoms with Gasteiger partial charge in [0.2, 0.25) is 5.91 Å². The zero-order chi connectivity index (χ0) is 19.8. The number of aryl methyl sites for hydroxylation is 1. The van der Waals surface area contributed by atoms with Crippen molar-refractivity contribution in [2.24, 2.45) is 0 Å². The van der Waals surface area contributed by atoms with Gasteiger partial charge in [-0.05, 0) is 54.3 Å². The van der Waals surface area contributed by atoms with Crippen LogP contribution >= 0.6 is 0 Å². The summed E-state index contributed by atoms with van der Waals surface area (Å²) < 4.78 is 5.24. The highest BCUT2D eigenvalue weighted by Gasteiger charge is 2.06. The van der Waals surface area contributed by atoms with E-state index < -0.39 is 0 Å². The quantitative estimate of drug-likeness (QED) is 0.618. The maximum absolute atomic E-state index is 12.2. The molecule has 1 aromatic heterocycles. The van der Waals surface area contributed by atoms with Crippen LogP contribution in [0, 0.1) is 6.92 Å². The Kier molecular flexibility index (Phi) is 6.63. The highest BCUT2D eigenvalue weighted by atomic mass is 16.5. The highest BCUT2D eigenvalue weighted by molar-refractivity contribution is 5.92. The van der Waals surface area contributed by atoms with E-state index in [1.165, 1.54) is 5.56 Å². The second-order valence-corrected chi connectivity index (χ2v) is 6.61. The molecule has 0 aliphatic heterocycles. The predicted octanol–water partition coefficient (Wildman–Crippen LogP) is 4.23. The number of carbonyl (C=O) groups excluding carboxylic acids is 1. The number of rotatable bonds is 8. The molecule has 28 heavy (non-hydrogen) atoms. The van der Waals surface area contributed by atoms with Gasteiger partial charge in [0.05, 0.1) is 25.4 Å². The van der Waals surface area contributed by atoms with E-state index >= 15 is 0 Å². The molecule has 2 N–H and O–H groups in total. The van der Waals surface area contributed by atoms with Gasteiger partial charge in [-0.2, -0.15) is 0 Å². The van der Waals surface area contributed by atoms with Crippen LogP contribution in [0.3, 0.4) is 0 Å². The fourth-order valence-corrected chi connectivity index (χ4v) is 2.92. The van der Waals surface area contributed by atoms with Crippen LogP contribution in [-0.4, -0.2) is 24.5 Å². The van der Waals surface area contributed by atoms with Crippen molar-refractivity contribution in [1.82, 2.24) is 4.98 Å². The van der Waals surface area contributed by atoms with Crippen molar-refractivity contribution in [3.8, 4) is 5.75 Å². The average molecular weight is 375 g/mol. The Bertz CT molecular complexity index is 923. The van der Waals surface area contributed by atoms with Gasteiger partial charge in [-0.25, -0.2) is 4.98 Å². The summed E-state index contributed by atoms with van der Waals surface area (Å²) in [5, 5.41) is 6.19. The molecule has 5 heteroatoms. The second kappa shape index (κ2) is 9.55. The van der Waals surface area contributed by atoms with Gasteiger partial charge in [0.15, 0.2) is 0 Å². The smallest absolute Gasteiger partial charge is 0.228 e. The molecule has 1 heterocycles. The first-order valence-corrected chi connectivity index (χ1v) is 9.31. The molecule has 0 radical (unpaired) electrons. The van der Waals surface area contributed by atoms with E-state index in [1.807, 2.05) is 61.5 Å². The highest BCUT2D eigenvalue weighted by Crippen LogP contribution is 2.14. The first kappa shape index (κ1) is 19.4. The van der Waals surface area contributed by atoms with Gasteiger partial charge in [-0.3, -0.25) is 4.79 Å². The standard InChI is InChI=1S/C23H25N3O2/c1-17-6-3-4-8-19(17)15-23(27)26-20-10-11-22(25-16-20)24-13-12-18-7-5-9-21(14-18)28-2/h3-11,14,16H,12-13,15H2,1-2H3,(H,24,25)(H,26,27). The van der Waals surface area contributed by atoms with E-state index in [-0.39, 0.29) is 5.91 Å². The van der Waals surface area contributed by atoms with E-state index in [4.69, 9.17) is 4.74 Å². The number of anilines is 2. The average Bonchev–Trinajstić information content (AvgIpc) is 2.71. The molecule has 0 unspecified atom stereocenters. The SMILES string of the molecule is COc1cccc(CCNc2ccc(NC(=O)Cc3ccccc3C)cn2)c1. The molecule has 5 nitrogen and oxygen atoms in total. The zero-order valence-corrected chi connectivity index (χ0v) is 16.2. The molecular formula is C23H25N3O2. The number of hydrogen-bond donors (Lipinski definition) is 2. The van der Waals surface area contributed by atoms with Crippen molar-refractivity contribution in [2.45, 2.75) is 19.8 Å². The molecule has 0 aliphatic rings. The minimum atomic E-state index is -0.0464. The largest absolute Gasteiger partial charge is 0.497 e. The van der Waals surface area contributed by atoms with Gasteiger partial charge in [-0.15, -0.1) is 0 Å². The summed E-state index contributed by atoms with van der Waals surface area (Å²) in [5.41, 5.74) is 4.04. The molecule has 2 aromatic carbocycles. The van der Waals surface area contributed by atoms with Crippen molar-refractivity contribution in [2.75, 3.05) is 24.3 Å². The van der Waals surface area contributed by atoms with E-state index in [9.17, 15) is 4.79 Å². The number of pyridine rings is 1. The molecule has 0 aliphatic carbocycles. The normalized spacial score (nSPS) is 10.4. The maximum Gasteiger partial charge on any atom is 0.228 e. The number of nitrogens with one attached hydrogen (secondary N) is 2. The van der Waals surface area contributed by atoms with Gasteiger partial charge in [-0.1, -0.05) is 36.4 Å². The Morgan fingerprint density at radius 3 is 2.68 bits per heavy atom. The number of hydrogen-bond acceptors (Lipinski definition) is 4. The summed E-state index contributed by atoms with van der Waals surface area (Å²) in [6.07, 6.45) is 2.89. The fraction of sp³-hybridized carbons (Fsp3) is 0.217. The van der Waals surface area contributed by atoms with Crippen LogP contribution < -0.4 is 15.4 Å². The van der Waals surface area contributed by atoms with E-state index in [1.54, 1.807) is 13.3 Å². The first-order valence-electron chi connectivity index (χ1n) is 9.31. The lowest BCUT2D eigenvalue weighted by Crippen LogP contribution is -2.15. The van der Waals surface area contributed by atoms with Crippen LogP contribution in [0.1, 0.15) is 16.7 Å². The summed E-state index contributed by atoms with van der Waals surface area (Å²) in [6, 6.07) is 19.7. The first-order chi connectivity index (χ1) is 13.6. The third-order valence-electron chi connectivity index (χ3n) is 4.51. The van der Waals surface area contributed by atoms with Crippen molar-refractivity contribution >= 4 is 17.4 Å². The summed E-state index contributed by atoms with van der Waals surface area (Å²) in [7, 11) is 1.67. The third kappa shape index (κ3) is 5.58. The molecular weight excluding hydrogens is 350 g/mol. The molecule has 3 aromatic rings. The Hall–Kier alpha value is -3.34. The van der Waals surface area contributed by atoms with Gasteiger partial charge < -0.3 is 15.4 Å². The molecule has 1 amide bonds. The Morgan fingerprint density at radius 2 is 1.93 bits per heavy atom. The second-order valence-electron chi connectivity index (χ2n) is 6.61. The minimum Gasteiger partial charge on any atom is -0.497 e. The van der Waals surface area contributed by atoms with Crippen molar-refractivity contribution in [1.29, 1.82) is 0 Å². The molecule has 144 valence electrons. The third-order valence-corrected chi connectivity index (χ3v) is 4.51. The molecule has 0 fully saturated rings. The van der Waals surface area contributed by atoms with Crippen LogP contribution in [0.4, 0.5) is 11.5 Å². The number of carbonyl (C=O) groups is 1. The molecule has 3 rings (SSSR count). The van der Waals surface area contributed by atoms with E-state index in [2.05, 4.69) is 21.7 Å². The Labute approximate surface area is 165 Å². The lowest BCUT2D eigenvalue weighted by atomic mass is 10.1. The monoisotopic (exact) mass is 375 g/mol. The molecule has 0 bridgehead atoms. The molecule has 0 saturated heterocycles. The predicted molar refractivity (Wildman–Crippen MR) is 113 cm³/mol. The van der Waals surface area contributed by atoms with Gasteiger partial charge in [0, 0.05) is 6.54 Å². The number of amides is 1. The molecule has 0 atom stereocenters. The van der Waals surface area contributed by atoms with Crippen LogP contribution in [0.25, 0.3) is 0 Å². The van der Waals surface area contributed by atoms with Crippen molar-refractivity contribution in [3.05, 3.63) is 83.6 Å². The Balaban J connectivity index is 1.48. The van der Waals surface area contributed by atoms with Crippen molar-refractivity contribution < 1.29 is 9.53 Å². The van der Waals surface area contributed by atoms with E-state index in [0.717, 1.165) is 35.7 Å². The number of methoxy groups -OCH3 is 1. The van der Waals surface area contributed by atoms with Crippen LogP contribution in [0.5, 0.6) is 5.75 Å². The lowest BCUT2D eigenvalue weighted by Gasteiger charge is -2.09. The summed E-state index contributed by atoms with van der Waals surface area (Å²) in [4.78, 5) is 16.6. The van der Waals surface area contributed by atoms with Crippen LogP contribution in [0.2, 0.25) is 0 Å². The zero-order valence-electron chi connectivity index (χ0n) is 16.2. The minimum absolute atomic E-state index is 0.0464. The number of ether oxygens (including phenoxy) is 1. The maximum atomic E-state index is 12.2. The van der Waals surface area contributed by atoms with Crippen molar-refractivity contribution in [3.63, 3.8) is 0 Å². The van der Waals surface area contributed by atoms with Gasteiger partial charge in [0.1, 0.15) is 11.6 Å². The topological polar surface area (TPSA) is 63.2 Å². The number of aromatic nitrogens is 1. The number of nitrogens with zero attached hydrogens (tertiary/aromatic N) is 1. The lowest BCUT2D eigenvalue weighted by molar-refractivity contribution is -0.115. The van der Waals surface area contributed by atoms with Gasteiger partial charge >= 0.3 is 0 Å². The fourth-order valence-electron chi connectivity index (χ4n) is 2.92. The number of benzene rings is 2. The van der Waals surface area contributed by atoms with Crippen LogP contribution in [0.15, 0.2) is 66.9 Å². The molecule has 0 saturated carbocycles. The Morgan fingerprint density at radius 1 is 1.07 bits per heavy atom. The summed E-state index contributed by atoms with van der Waals surface area (Å²) >= 11 is 0. The van der Waals surface area contributed by atoms with Gasteiger partial charge in [0.25, 0.3) is 0 Å². The summed E-state index contributed by atoms with van der Waals surface area (Å²) in [6.45, 7) is 2.77. The van der Waals surface area contributed by atoms with Crippen LogP contribution in [-0.2, 0) is 17.6 Å². The molecule has 0 spiro atoms. The summed E-state index contributed by atoms with van der Waals surface area (Å²) in [5.74, 6) is 1.59. The van der Waals surface area contributed by atoms with E-state index in [0.29, 0.717) is 12.1 Å².